The van der Waals surface area contributed by atoms with E-state index in [9.17, 15) is 10.2 Å². The number of nitrogen functional groups attached to an aromatic ring is 1. The number of imidazole rings is 1. The third-order valence-electron chi connectivity index (χ3n) is 9.18. The van der Waals surface area contributed by atoms with E-state index in [4.69, 9.17) is 5.73 Å². The minimum atomic E-state index is -0.822. The van der Waals surface area contributed by atoms with Crippen LogP contribution in [0.3, 0.4) is 0 Å². The molecule has 4 aliphatic carbocycles. The Balaban J connectivity index is 1.42. The van der Waals surface area contributed by atoms with Crippen LogP contribution in [0.25, 0.3) is 16.6 Å². The van der Waals surface area contributed by atoms with E-state index in [0.29, 0.717) is 17.8 Å². The van der Waals surface area contributed by atoms with Crippen molar-refractivity contribution in [3.05, 3.63) is 53.1 Å². The molecule has 32 heavy (non-hydrogen) atoms. The molecule has 2 aromatic rings. The quantitative estimate of drug-likeness (QED) is 0.524. The standard InChI is InChI=1S/C27H33N3O2/c1-15-11-19-12-18-13-20(31)5-3-16(18)9-10-27(19,32)24-8-6-21(26(15,24)2)17-4-7-22-23(14-17)30-25(28)29-22/h4,6-7,11-12,14-16,20,24,31-32H,3,5,8-10,13H2,1-2H3,(H3,28,29,30)/t15?,16?,20?,24?,26?,27-/m1/s1. The second kappa shape index (κ2) is 6.82. The van der Waals surface area contributed by atoms with Crippen molar-refractivity contribution in [2.24, 2.45) is 23.2 Å². The highest BCUT2D eigenvalue weighted by Gasteiger charge is 2.58. The molecular formula is C27H33N3O2. The maximum Gasteiger partial charge on any atom is 0.198 e. The summed E-state index contributed by atoms with van der Waals surface area (Å²) in [6.45, 7) is 4.63. The van der Waals surface area contributed by atoms with Gasteiger partial charge in [-0.05, 0) is 79.2 Å². The lowest BCUT2D eigenvalue weighted by Crippen LogP contribution is -2.51. The number of H-pyrrole nitrogens is 1. The first-order valence-corrected chi connectivity index (χ1v) is 12.1. The molecule has 1 aromatic carbocycles. The highest BCUT2D eigenvalue weighted by atomic mass is 16.3. The first kappa shape index (κ1) is 20.3. The van der Waals surface area contributed by atoms with E-state index in [2.05, 4.69) is 54.2 Å². The number of hydrogen-bond donors (Lipinski definition) is 4. The summed E-state index contributed by atoms with van der Waals surface area (Å²) >= 11 is 0. The summed E-state index contributed by atoms with van der Waals surface area (Å²) in [5.41, 5.74) is 11.7. The molecule has 1 aromatic heterocycles. The zero-order valence-corrected chi connectivity index (χ0v) is 18.9. The molecule has 0 spiro atoms. The number of anilines is 1. The van der Waals surface area contributed by atoms with Crippen LogP contribution < -0.4 is 5.73 Å². The van der Waals surface area contributed by atoms with E-state index in [1.54, 1.807) is 0 Å². The van der Waals surface area contributed by atoms with Crippen molar-refractivity contribution in [3.63, 3.8) is 0 Å². The highest BCUT2D eigenvalue weighted by Crippen LogP contribution is 2.63. The van der Waals surface area contributed by atoms with Crippen molar-refractivity contribution in [2.75, 3.05) is 5.73 Å². The Morgan fingerprint density at radius 3 is 2.91 bits per heavy atom. The largest absolute Gasteiger partial charge is 0.393 e. The normalized spacial score (nSPS) is 38.8. The van der Waals surface area contributed by atoms with Crippen LogP contribution in [0.2, 0.25) is 0 Å². The van der Waals surface area contributed by atoms with Gasteiger partial charge in [-0.1, -0.05) is 43.7 Å². The number of nitrogens with one attached hydrogen (secondary N) is 1. The third kappa shape index (κ3) is 2.74. The predicted octanol–water partition coefficient (Wildman–Crippen LogP) is 4.74. The number of benzene rings is 1. The van der Waals surface area contributed by atoms with Gasteiger partial charge in [0.15, 0.2) is 5.95 Å². The number of rotatable bonds is 1. The molecule has 5 nitrogen and oxygen atoms in total. The molecule has 5 unspecified atom stereocenters. The molecular weight excluding hydrogens is 398 g/mol. The number of nitrogens with zero attached hydrogens (tertiary/aromatic N) is 1. The van der Waals surface area contributed by atoms with E-state index in [1.165, 1.54) is 16.7 Å². The summed E-state index contributed by atoms with van der Waals surface area (Å²) in [5, 5.41) is 22.5. The molecule has 168 valence electrons. The van der Waals surface area contributed by atoms with E-state index in [1.807, 2.05) is 6.07 Å². The molecule has 0 saturated heterocycles. The van der Waals surface area contributed by atoms with Gasteiger partial charge in [0.1, 0.15) is 0 Å². The van der Waals surface area contributed by atoms with Crippen molar-refractivity contribution in [2.45, 2.75) is 64.1 Å². The smallest absolute Gasteiger partial charge is 0.198 e. The van der Waals surface area contributed by atoms with E-state index in [-0.39, 0.29) is 17.4 Å². The van der Waals surface area contributed by atoms with Gasteiger partial charge in [0, 0.05) is 11.3 Å². The number of allylic oxidation sites excluding steroid dienone is 3. The SMILES string of the molecule is CC1C=C2C=C3CC(O)CCC3CC[C@]2(O)C2CC=C(c3ccc4nc(N)[nH]c4c3)C12C. The molecule has 5 heteroatoms. The second-order valence-electron chi connectivity index (χ2n) is 10.8. The summed E-state index contributed by atoms with van der Waals surface area (Å²) < 4.78 is 0. The second-order valence-corrected chi connectivity index (χ2v) is 10.8. The Morgan fingerprint density at radius 1 is 1.22 bits per heavy atom. The lowest BCUT2D eigenvalue weighted by molar-refractivity contribution is -0.0455. The summed E-state index contributed by atoms with van der Waals surface area (Å²) in [7, 11) is 0. The van der Waals surface area contributed by atoms with Crippen molar-refractivity contribution < 1.29 is 10.2 Å². The van der Waals surface area contributed by atoms with E-state index >= 15 is 0 Å². The van der Waals surface area contributed by atoms with Crippen LogP contribution >= 0.6 is 0 Å². The maximum absolute atomic E-state index is 12.2. The molecule has 5 N–H and O–H groups in total. The number of nitrogens with two attached hydrogens (primary N) is 1. The fraction of sp³-hybridized carbons (Fsp3) is 0.519. The average molecular weight is 432 g/mol. The topological polar surface area (TPSA) is 95.2 Å². The van der Waals surface area contributed by atoms with Gasteiger partial charge >= 0.3 is 0 Å². The molecule has 0 radical (unpaired) electrons. The lowest BCUT2D eigenvalue weighted by Gasteiger charge is -2.51. The first-order valence-electron chi connectivity index (χ1n) is 12.1. The minimum Gasteiger partial charge on any atom is -0.393 e. The zero-order chi connectivity index (χ0) is 22.3. The van der Waals surface area contributed by atoms with Gasteiger partial charge in [-0.15, -0.1) is 0 Å². The van der Waals surface area contributed by atoms with Gasteiger partial charge < -0.3 is 20.9 Å². The molecule has 6 atom stereocenters. The van der Waals surface area contributed by atoms with Gasteiger partial charge in [-0.25, -0.2) is 4.98 Å². The van der Waals surface area contributed by atoms with E-state index in [0.717, 1.165) is 55.1 Å². The number of fused-ring (bicyclic) bond motifs is 5. The van der Waals surface area contributed by atoms with Crippen molar-refractivity contribution >= 4 is 22.6 Å². The Labute approximate surface area is 189 Å². The van der Waals surface area contributed by atoms with Crippen LogP contribution in [0.5, 0.6) is 0 Å². The Bertz CT molecular complexity index is 1190. The Hall–Kier alpha value is -2.37. The van der Waals surface area contributed by atoms with Gasteiger partial charge in [0.25, 0.3) is 0 Å². The molecule has 0 aliphatic heterocycles. The fourth-order valence-electron chi connectivity index (χ4n) is 7.27. The van der Waals surface area contributed by atoms with Crippen LogP contribution in [-0.4, -0.2) is 31.9 Å². The summed E-state index contributed by atoms with van der Waals surface area (Å²) in [6.07, 6.45) is 12.0. The van der Waals surface area contributed by atoms with Crippen LogP contribution in [-0.2, 0) is 0 Å². The van der Waals surface area contributed by atoms with Crippen LogP contribution in [0.15, 0.2) is 47.6 Å². The maximum atomic E-state index is 12.2. The van der Waals surface area contributed by atoms with Gasteiger partial charge in [-0.2, -0.15) is 0 Å². The molecule has 0 amide bonds. The number of aromatic amines is 1. The number of aliphatic hydroxyl groups is 2. The van der Waals surface area contributed by atoms with E-state index < -0.39 is 5.60 Å². The predicted molar refractivity (Wildman–Crippen MR) is 128 cm³/mol. The van der Waals surface area contributed by atoms with Gasteiger partial charge in [-0.3, -0.25) is 0 Å². The fourth-order valence-corrected chi connectivity index (χ4v) is 7.27. The molecule has 0 bridgehead atoms. The number of aromatic nitrogens is 2. The number of hydrogen-bond acceptors (Lipinski definition) is 4. The van der Waals surface area contributed by atoms with Crippen molar-refractivity contribution in [3.8, 4) is 0 Å². The van der Waals surface area contributed by atoms with Crippen molar-refractivity contribution in [1.29, 1.82) is 0 Å². The molecule has 1 saturated carbocycles. The van der Waals surface area contributed by atoms with Crippen molar-refractivity contribution in [1.82, 2.24) is 9.97 Å². The summed E-state index contributed by atoms with van der Waals surface area (Å²) in [4.78, 5) is 7.50. The van der Waals surface area contributed by atoms with Gasteiger partial charge in [0.05, 0.1) is 22.7 Å². The highest BCUT2D eigenvalue weighted by molar-refractivity contribution is 5.84. The summed E-state index contributed by atoms with van der Waals surface area (Å²) in [6, 6.07) is 6.33. The monoisotopic (exact) mass is 431 g/mol. The molecule has 1 heterocycles. The van der Waals surface area contributed by atoms with Gasteiger partial charge in [0.2, 0.25) is 0 Å². The molecule has 6 rings (SSSR count). The van der Waals surface area contributed by atoms with Crippen LogP contribution in [0.1, 0.15) is 57.9 Å². The first-order chi connectivity index (χ1) is 15.3. The Morgan fingerprint density at radius 2 is 2.06 bits per heavy atom. The lowest BCUT2D eigenvalue weighted by atomic mass is 9.54. The zero-order valence-electron chi connectivity index (χ0n) is 18.9. The molecule has 1 fully saturated rings. The third-order valence-corrected chi connectivity index (χ3v) is 9.18. The average Bonchev–Trinajstić information content (AvgIpc) is 3.27. The van der Waals surface area contributed by atoms with Crippen LogP contribution in [0, 0.1) is 23.2 Å². The van der Waals surface area contributed by atoms with Crippen LogP contribution in [0.4, 0.5) is 5.95 Å². The minimum absolute atomic E-state index is 0.143. The summed E-state index contributed by atoms with van der Waals surface area (Å²) in [5.74, 6) is 1.37. The Kier molecular flexibility index (Phi) is 4.31. The number of aliphatic hydroxyl groups excluding tert-OH is 1. The molecule has 4 aliphatic rings.